The molecule has 0 saturated heterocycles. The molecule has 0 unspecified atom stereocenters. The van der Waals surface area contributed by atoms with Gasteiger partial charge in [-0.1, -0.05) is 6.07 Å². The summed E-state index contributed by atoms with van der Waals surface area (Å²) in [6, 6.07) is 9.04. The maximum absolute atomic E-state index is 4.75. The predicted molar refractivity (Wildman–Crippen MR) is 131 cm³/mol. The maximum Gasteiger partial charge on any atom is 0.114 e. The van der Waals surface area contributed by atoms with Gasteiger partial charge in [-0.25, -0.2) is 0 Å². The molecule has 6 aromatic rings. The van der Waals surface area contributed by atoms with E-state index < -0.39 is 0 Å². The molecule has 0 aliphatic heterocycles. The van der Waals surface area contributed by atoms with Crippen molar-refractivity contribution in [1.82, 2.24) is 17.5 Å². The predicted octanol–water partition coefficient (Wildman–Crippen LogP) is 7.54. The molecule has 148 valence electrons. The third-order valence-electron chi connectivity index (χ3n) is 5.51. The lowest BCUT2D eigenvalue weighted by atomic mass is 9.91. The molecular weight excluding hydrogens is 449 g/mol. The Kier molecular flexibility index (Phi) is 4.08. The Bertz CT molecular complexity index is 1570. The van der Waals surface area contributed by atoms with Gasteiger partial charge in [0.15, 0.2) is 0 Å². The topological polar surface area (TPSA) is 51.6 Å². The van der Waals surface area contributed by atoms with Crippen molar-refractivity contribution in [3.63, 3.8) is 0 Å². The van der Waals surface area contributed by atoms with Crippen molar-refractivity contribution < 1.29 is 0 Å². The van der Waals surface area contributed by atoms with Gasteiger partial charge in [0, 0.05) is 35.8 Å². The zero-order valence-corrected chi connectivity index (χ0v) is 20.0. The van der Waals surface area contributed by atoms with E-state index in [1.54, 1.807) is 0 Å². The summed E-state index contributed by atoms with van der Waals surface area (Å²) in [5.41, 5.74) is 10.9. The lowest BCUT2D eigenvalue weighted by Gasteiger charge is -2.13. The number of rotatable bonds is 2. The molecule has 0 amide bonds. The summed E-state index contributed by atoms with van der Waals surface area (Å²) in [5, 5.41) is 0. The average molecular weight is 465 g/mol. The Hall–Kier alpha value is -2.26. The van der Waals surface area contributed by atoms with E-state index in [0.717, 1.165) is 38.8 Å². The number of hydrogen-bond acceptors (Lipinski definition) is 8. The van der Waals surface area contributed by atoms with Crippen LogP contribution in [0.3, 0.4) is 0 Å². The number of fused-ring (bicyclic) bond motifs is 3. The first-order valence-corrected chi connectivity index (χ1v) is 12.6. The first-order valence-electron chi connectivity index (χ1n) is 9.50. The van der Waals surface area contributed by atoms with Crippen molar-refractivity contribution in [2.75, 3.05) is 0 Å². The van der Waals surface area contributed by atoms with E-state index in [0.29, 0.717) is 0 Å². The molecule has 2 aromatic carbocycles. The number of hydrogen-bond donors (Lipinski definition) is 0. The van der Waals surface area contributed by atoms with E-state index in [2.05, 4.69) is 60.7 Å². The van der Waals surface area contributed by atoms with Gasteiger partial charge in [0.1, 0.15) is 22.1 Å². The third-order valence-corrected chi connectivity index (χ3v) is 8.81. The normalized spacial score (nSPS) is 12.0. The van der Waals surface area contributed by atoms with Crippen molar-refractivity contribution >= 4 is 77.6 Å². The number of aryl methyl sites for hydroxylation is 4. The van der Waals surface area contributed by atoms with Gasteiger partial charge < -0.3 is 0 Å². The molecule has 0 aliphatic rings. The summed E-state index contributed by atoms with van der Waals surface area (Å²) in [6.45, 7) is 8.58. The first-order chi connectivity index (χ1) is 14.5. The summed E-state index contributed by atoms with van der Waals surface area (Å²) in [7, 11) is 0. The summed E-state index contributed by atoms with van der Waals surface area (Å²) in [5.74, 6) is 0. The zero-order valence-electron chi connectivity index (χ0n) is 16.7. The van der Waals surface area contributed by atoms with E-state index in [1.165, 1.54) is 59.3 Å². The molecule has 0 fully saturated rings. The molecule has 4 heterocycles. The summed E-state index contributed by atoms with van der Waals surface area (Å²) >= 11 is 6.24. The second-order valence-corrected chi connectivity index (χ2v) is 11.0. The smallest absolute Gasteiger partial charge is 0.114 e. The van der Waals surface area contributed by atoms with Crippen LogP contribution in [-0.4, -0.2) is 17.5 Å². The highest BCUT2D eigenvalue weighted by Crippen LogP contribution is 2.45. The van der Waals surface area contributed by atoms with Gasteiger partial charge in [0.2, 0.25) is 0 Å². The van der Waals surface area contributed by atoms with Gasteiger partial charge in [-0.05, 0) is 62.6 Å². The van der Waals surface area contributed by atoms with E-state index in [9.17, 15) is 0 Å². The molecule has 4 nitrogen and oxygen atoms in total. The van der Waals surface area contributed by atoms with Gasteiger partial charge in [0.25, 0.3) is 0 Å². The zero-order chi connectivity index (χ0) is 20.6. The highest BCUT2D eigenvalue weighted by molar-refractivity contribution is 7.29. The molecule has 6 rings (SSSR count). The van der Waals surface area contributed by atoms with Crippen LogP contribution < -0.4 is 0 Å². The van der Waals surface area contributed by atoms with Crippen LogP contribution in [0, 0.1) is 27.7 Å². The van der Waals surface area contributed by atoms with Crippen molar-refractivity contribution in [2.24, 2.45) is 0 Å². The second kappa shape index (κ2) is 6.62. The highest BCUT2D eigenvalue weighted by Gasteiger charge is 2.22. The Morgan fingerprint density at radius 1 is 0.567 bits per heavy atom. The summed E-state index contributed by atoms with van der Waals surface area (Å²) in [4.78, 5) is 2.61. The lowest BCUT2D eigenvalue weighted by molar-refractivity contribution is 1.38. The van der Waals surface area contributed by atoms with E-state index in [-0.39, 0.29) is 0 Å². The maximum atomic E-state index is 4.75. The molecule has 0 aliphatic carbocycles. The fourth-order valence-corrected chi connectivity index (χ4v) is 7.76. The third kappa shape index (κ3) is 2.61. The molecule has 4 aromatic heterocycles. The first kappa shape index (κ1) is 18.5. The minimum atomic E-state index is 0.962. The minimum Gasteiger partial charge on any atom is -0.173 e. The minimum absolute atomic E-state index is 0.962. The number of aromatic nitrogens is 4. The Balaban J connectivity index is 1.66. The molecule has 0 bridgehead atoms. The van der Waals surface area contributed by atoms with E-state index in [4.69, 9.17) is 8.75 Å². The monoisotopic (exact) mass is 464 g/mol. The Morgan fingerprint density at radius 2 is 1.17 bits per heavy atom. The molecule has 0 saturated carbocycles. The van der Waals surface area contributed by atoms with Crippen LogP contribution in [-0.2, 0) is 0 Å². The largest absolute Gasteiger partial charge is 0.173 e. The molecule has 0 radical (unpaired) electrons. The van der Waals surface area contributed by atoms with Crippen LogP contribution in [0.2, 0.25) is 0 Å². The number of thiophene rings is 2. The fourth-order valence-electron chi connectivity index (χ4n) is 4.24. The lowest BCUT2D eigenvalue weighted by Crippen LogP contribution is -1.94. The van der Waals surface area contributed by atoms with E-state index in [1.807, 2.05) is 22.7 Å². The Labute approximate surface area is 189 Å². The number of nitrogens with zero attached hydrogens (tertiary/aromatic N) is 4. The SMILES string of the molecule is Cc1cc2sc(-c3cc(C)c(-c4c(C)cc(C)c5nsnc45)c4nsnc34)cc2s1. The van der Waals surface area contributed by atoms with Crippen LogP contribution >= 0.6 is 46.1 Å². The van der Waals surface area contributed by atoms with Gasteiger partial charge in [-0.2, -0.15) is 17.5 Å². The van der Waals surface area contributed by atoms with Gasteiger partial charge in [-0.3, -0.25) is 0 Å². The molecule has 0 spiro atoms. The van der Waals surface area contributed by atoms with E-state index >= 15 is 0 Å². The van der Waals surface area contributed by atoms with Crippen LogP contribution in [0.4, 0.5) is 0 Å². The van der Waals surface area contributed by atoms with Crippen molar-refractivity contribution in [1.29, 1.82) is 0 Å². The molecule has 30 heavy (non-hydrogen) atoms. The highest BCUT2D eigenvalue weighted by atomic mass is 32.1. The average Bonchev–Trinajstić information content (AvgIpc) is 3.45. The van der Waals surface area contributed by atoms with Crippen molar-refractivity contribution in [3.05, 3.63) is 45.8 Å². The second-order valence-electron chi connectivity index (χ2n) is 7.62. The van der Waals surface area contributed by atoms with Gasteiger partial charge in [0.05, 0.1) is 23.5 Å². The summed E-state index contributed by atoms with van der Waals surface area (Å²) < 4.78 is 21.3. The van der Waals surface area contributed by atoms with Crippen LogP contribution in [0.15, 0.2) is 24.3 Å². The fraction of sp³-hybridized carbons (Fsp3) is 0.182. The van der Waals surface area contributed by atoms with Gasteiger partial charge >= 0.3 is 0 Å². The molecule has 0 N–H and O–H groups in total. The quantitative estimate of drug-likeness (QED) is 0.266. The Morgan fingerprint density at radius 3 is 1.90 bits per heavy atom. The van der Waals surface area contributed by atoms with Crippen LogP contribution in [0.25, 0.3) is 53.0 Å². The van der Waals surface area contributed by atoms with Crippen molar-refractivity contribution in [3.8, 4) is 21.6 Å². The van der Waals surface area contributed by atoms with Gasteiger partial charge in [-0.15, -0.1) is 22.7 Å². The van der Waals surface area contributed by atoms with Crippen molar-refractivity contribution in [2.45, 2.75) is 27.7 Å². The molecule has 0 atom stereocenters. The van der Waals surface area contributed by atoms with Crippen LogP contribution in [0.1, 0.15) is 21.6 Å². The standard InChI is InChI=1S/C22H16N4S4/c1-9-5-11(3)19-21(25-29-23-19)17(9)18-10(2)6-13(20-22(18)26-30-24-20)14-8-16-15(28-14)7-12(4)27-16/h5-8H,1-4H3. The molecule has 8 heteroatoms. The summed E-state index contributed by atoms with van der Waals surface area (Å²) in [6.07, 6.45) is 0. The van der Waals surface area contributed by atoms with Crippen LogP contribution in [0.5, 0.6) is 0 Å². The number of benzene rings is 2. The molecular formula is C22H16N4S4.